The van der Waals surface area contributed by atoms with Crippen molar-refractivity contribution in [2.75, 3.05) is 25.0 Å². The Balaban J connectivity index is 1.43. The van der Waals surface area contributed by atoms with Crippen LogP contribution in [-0.4, -0.2) is 82.7 Å². The van der Waals surface area contributed by atoms with Gasteiger partial charge in [-0.25, -0.2) is 19.4 Å². The van der Waals surface area contributed by atoms with Crippen LogP contribution in [0.15, 0.2) is 36.9 Å². The van der Waals surface area contributed by atoms with Crippen molar-refractivity contribution >= 4 is 22.8 Å². The number of carbonyl (C=O) groups is 1. The molecule has 0 saturated carbocycles. The van der Waals surface area contributed by atoms with Crippen LogP contribution < -0.4 is 5.32 Å². The summed E-state index contributed by atoms with van der Waals surface area (Å²) in [4.78, 5) is 22.5. The lowest BCUT2D eigenvalue weighted by Gasteiger charge is -2.34. The first kappa shape index (κ1) is 25.1. The maximum Gasteiger partial charge on any atom is 0.409 e. The zero-order valence-corrected chi connectivity index (χ0v) is 21.3. The number of ether oxygens (including phenoxy) is 1. The van der Waals surface area contributed by atoms with Crippen molar-refractivity contribution in [3.05, 3.63) is 42.5 Å². The molecular weight excluding hydrogens is 488 g/mol. The number of carbonyl (C=O) groups excluding carboxylic acids is 1. The fourth-order valence-corrected chi connectivity index (χ4v) is 4.52. The molecule has 1 aliphatic heterocycles. The monoisotopic (exact) mass is 516 g/mol. The van der Waals surface area contributed by atoms with E-state index in [1.165, 1.54) is 11.1 Å². The van der Waals surface area contributed by atoms with Gasteiger partial charge in [0.15, 0.2) is 11.5 Å². The highest BCUT2D eigenvalue weighted by molar-refractivity contribution is 5.79. The van der Waals surface area contributed by atoms with Crippen molar-refractivity contribution in [2.45, 2.75) is 45.4 Å². The predicted molar refractivity (Wildman–Crippen MR) is 137 cm³/mol. The predicted octanol–water partition coefficient (Wildman–Crippen LogP) is 2.53. The van der Waals surface area contributed by atoms with Crippen LogP contribution in [0, 0.1) is 11.3 Å². The second kappa shape index (κ2) is 10.4. The summed E-state index contributed by atoms with van der Waals surface area (Å²) in [5.74, 6) is 0.554. The number of anilines is 1. The van der Waals surface area contributed by atoms with Crippen molar-refractivity contribution in [3.63, 3.8) is 0 Å². The van der Waals surface area contributed by atoms with Crippen molar-refractivity contribution in [1.82, 2.24) is 39.6 Å². The zero-order chi connectivity index (χ0) is 26.8. The first-order valence-electron chi connectivity index (χ1n) is 12.4. The molecule has 0 aliphatic carbocycles. The minimum Gasteiger partial charge on any atom is -0.450 e. The molecule has 0 spiro atoms. The number of hydrogen-bond donors (Lipinski definition) is 2. The Hall–Kier alpha value is -4.57. The molecule has 4 aromatic heterocycles. The van der Waals surface area contributed by atoms with Crippen LogP contribution in [-0.2, 0) is 4.74 Å². The largest absolute Gasteiger partial charge is 0.450 e. The van der Waals surface area contributed by atoms with Gasteiger partial charge in [-0.15, -0.1) is 5.10 Å². The number of aromatic nitrogens is 7. The SMILES string of the molecule is CCOC(=O)N1CC[C@H](n2cc(-c3cnc(-n4ncc5cc(C#N)cnc54)cc3NC(C)C)nn2)[C@H](O)C1. The fourth-order valence-electron chi connectivity index (χ4n) is 4.52. The summed E-state index contributed by atoms with van der Waals surface area (Å²) in [5, 5.41) is 37.1. The molecule has 0 bridgehead atoms. The van der Waals surface area contributed by atoms with Crippen LogP contribution in [0.25, 0.3) is 28.1 Å². The maximum atomic E-state index is 12.0. The molecule has 1 aliphatic rings. The van der Waals surface area contributed by atoms with Gasteiger partial charge in [0, 0.05) is 47.7 Å². The van der Waals surface area contributed by atoms with Crippen LogP contribution in [0.4, 0.5) is 10.5 Å². The fraction of sp³-hybridized carbons (Fsp3) is 0.400. The number of rotatable bonds is 6. The molecule has 13 nitrogen and oxygen atoms in total. The van der Waals surface area contributed by atoms with Gasteiger partial charge in [-0.05, 0) is 33.3 Å². The summed E-state index contributed by atoms with van der Waals surface area (Å²) in [6, 6.07) is 5.49. The average Bonchev–Trinajstić information content (AvgIpc) is 3.55. The number of aliphatic hydroxyl groups excluding tert-OH is 1. The van der Waals surface area contributed by atoms with Gasteiger partial charge in [0.05, 0.1) is 43.3 Å². The summed E-state index contributed by atoms with van der Waals surface area (Å²) in [6.07, 6.45) is 5.92. The van der Waals surface area contributed by atoms with E-state index in [9.17, 15) is 9.90 Å². The second-order valence-electron chi connectivity index (χ2n) is 9.34. The minimum atomic E-state index is -0.807. The second-order valence-corrected chi connectivity index (χ2v) is 9.34. The Morgan fingerprint density at radius 2 is 2.13 bits per heavy atom. The Kier molecular flexibility index (Phi) is 6.89. The van der Waals surface area contributed by atoms with E-state index in [1.807, 2.05) is 19.9 Å². The van der Waals surface area contributed by atoms with E-state index in [0.717, 1.165) is 16.6 Å². The lowest BCUT2D eigenvalue weighted by atomic mass is 10.0. The number of likely N-dealkylation sites (tertiary alicyclic amines) is 1. The molecule has 13 heteroatoms. The van der Waals surface area contributed by atoms with Crippen LogP contribution in [0.2, 0.25) is 0 Å². The third-order valence-electron chi connectivity index (χ3n) is 6.29. The van der Waals surface area contributed by atoms with Gasteiger partial charge in [0.1, 0.15) is 11.8 Å². The third kappa shape index (κ3) is 4.85. The standard InChI is InChI=1S/C25H28N10O3/c1-4-38-25(37)33-6-5-21(22(36)14-33)34-13-20(31-32-34)18-12-27-23(8-19(18)30-15(2)3)35-24-17(11-29-35)7-16(9-26)10-28-24/h7-8,10-13,15,21-22,36H,4-6,14H2,1-3H3,(H,27,30)/t21-,22+/m0/s1. The first-order chi connectivity index (χ1) is 18.4. The van der Waals surface area contributed by atoms with E-state index < -0.39 is 12.2 Å². The molecule has 1 fully saturated rings. The van der Waals surface area contributed by atoms with Crippen LogP contribution in [0.5, 0.6) is 0 Å². The number of nitrogens with one attached hydrogen (secondary N) is 1. The lowest BCUT2D eigenvalue weighted by Crippen LogP contribution is -2.47. The molecule has 1 saturated heterocycles. The average molecular weight is 517 g/mol. The zero-order valence-electron chi connectivity index (χ0n) is 21.3. The van der Waals surface area contributed by atoms with Gasteiger partial charge in [-0.3, -0.25) is 0 Å². The lowest BCUT2D eigenvalue weighted by molar-refractivity contribution is 0.0168. The maximum absolute atomic E-state index is 12.0. The molecule has 0 aromatic carbocycles. The number of pyridine rings is 2. The van der Waals surface area contributed by atoms with Crippen LogP contribution >= 0.6 is 0 Å². The summed E-state index contributed by atoms with van der Waals surface area (Å²) in [6.45, 7) is 6.72. The molecule has 38 heavy (non-hydrogen) atoms. The smallest absolute Gasteiger partial charge is 0.409 e. The van der Waals surface area contributed by atoms with E-state index in [0.29, 0.717) is 35.7 Å². The molecule has 2 atom stereocenters. The van der Waals surface area contributed by atoms with Gasteiger partial charge in [0.2, 0.25) is 0 Å². The molecule has 196 valence electrons. The van der Waals surface area contributed by atoms with E-state index >= 15 is 0 Å². The summed E-state index contributed by atoms with van der Waals surface area (Å²) < 4.78 is 8.32. The molecule has 0 unspecified atom stereocenters. The van der Waals surface area contributed by atoms with E-state index in [4.69, 9.17) is 10.00 Å². The minimum absolute atomic E-state index is 0.124. The van der Waals surface area contributed by atoms with Crippen molar-refractivity contribution in [2.24, 2.45) is 0 Å². The molecule has 1 amide bonds. The molecule has 5 rings (SSSR count). The Bertz CT molecular complexity index is 1500. The number of β-amino-alcohol motifs (C(OH)–C–C–N with tert-alkyl or cyclic N) is 1. The normalized spacial score (nSPS) is 17.5. The Morgan fingerprint density at radius 3 is 2.87 bits per heavy atom. The summed E-state index contributed by atoms with van der Waals surface area (Å²) >= 11 is 0. The summed E-state index contributed by atoms with van der Waals surface area (Å²) in [5.41, 5.74) is 3.17. The van der Waals surface area contributed by atoms with Crippen molar-refractivity contribution in [1.29, 1.82) is 5.26 Å². The van der Waals surface area contributed by atoms with Crippen LogP contribution in [0.1, 0.15) is 38.8 Å². The number of fused-ring (bicyclic) bond motifs is 1. The Labute approximate surface area is 218 Å². The molecule has 0 radical (unpaired) electrons. The van der Waals surface area contributed by atoms with E-state index in [2.05, 4.69) is 36.8 Å². The third-order valence-corrected chi connectivity index (χ3v) is 6.29. The number of piperidine rings is 1. The van der Waals surface area contributed by atoms with E-state index in [1.54, 1.807) is 40.9 Å². The molecule has 2 N–H and O–H groups in total. The quantitative estimate of drug-likeness (QED) is 0.390. The number of hydrogen-bond acceptors (Lipinski definition) is 10. The molecule has 5 heterocycles. The topological polar surface area (TPSA) is 160 Å². The molecular formula is C25H28N10O3. The highest BCUT2D eigenvalue weighted by Gasteiger charge is 2.33. The van der Waals surface area contributed by atoms with Crippen molar-refractivity contribution in [3.8, 4) is 23.1 Å². The molecule has 4 aromatic rings. The van der Waals surface area contributed by atoms with Crippen molar-refractivity contribution < 1.29 is 14.6 Å². The van der Waals surface area contributed by atoms with Gasteiger partial charge in [-0.2, -0.15) is 15.0 Å². The summed E-state index contributed by atoms with van der Waals surface area (Å²) in [7, 11) is 0. The van der Waals surface area contributed by atoms with Gasteiger partial charge < -0.3 is 20.1 Å². The highest BCUT2D eigenvalue weighted by Crippen LogP contribution is 2.31. The van der Waals surface area contributed by atoms with Gasteiger partial charge in [-0.1, -0.05) is 5.21 Å². The first-order valence-corrected chi connectivity index (χ1v) is 12.4. The van der Waals surface area contributed by atoms with Gasteiger partial charge >= 0.3 is 6.09 Å². The number of aliphatic hydroxyl groups is 1. The Morgan fingerprint density at radius 1 is 1.29 bits per heavy atom. The number of nitrogens with zero attached hydrogens (tertiary/aromatic N) is 9. The number of amides is 1. The van der Waals surface area contributed by atoms with E-state index in [-0.39, 0.29) is 25.2 Å². The van der Waals surface area contributed by atoms with Crippen LogP contribution in [0.3, 0.4) is 0 Å². The van der Waals surface area contributed by atoms with Gasteiger partial charge in [0.25, 0.3) is 0 Å². The number of nitriles is 1. The highest BCUT2D eigenvalue weighted by atomic mass is 16.6.